The maximum absolute atomic E-state index is 13.0. The van der Waals surface area contributed by atoms with Gasteiger partial charge in [0.15, 0.2) is 0 Å². The van der Waals surface area contributed by atoms with Crippen molar-refractivity contribution in [1.29, 1.82) is 0 Å². The van der Waals surface area contributed by atoms with Gasteiger partial charge >= 0.3 is 0 Å². The Morgan fingerprint density at radius 1 is 1.08 bits per heavy atom. The summed E-state index contributed by atoms with van der Waals surface area (Å²) in [6.07, 6.45) is 1.67. The van der Waals surface area contributed by atoms with Crippen molar-refractivity contribution in [3.05, 3.63) is 53.6 Å². The van der Waals surface area contributed by atoms with Crippen LogP contribution < -0.4 is 9.62 Å². The number of hydrogen-bond donors (Lipinski definition) is 1. The Bertz CT molecular complexity index is 844. The molecule has 2 aromatic carbocycles. The first-order valence-electron chi connectivity index (χ1n) is 7.55. The van der Waals surface area contributed by atoms with E-state index in [1.165, 1.54) is 23.4 Å². The Labute approximate surface area is 146 Å². The molecule has 2 aromatic rings. The molecule has 1 saturated carbocycles. The van der Waals surface area contributed by atoms with Crippen LogP contribution in [-0.4, -0.2) is 20.4 Å². The van der Waals surface area contributed by atoms with Crippen LogP contribution in [0.5, 0.6) is 0 Å². The fourth-order valence-electron chi connectivity index (χ4n) is 2.47. The second-order valence-corrected chi connectivity index (χ2v) is 7.97. The van der Waals surface area contributed by atoms with E-state index in [1.807, 2.05) is 0 Å². The van der Waals surface area contributed by atoms with Gasteiger partial charge in [-0.15, -0.1) is 0 Å². The minimum Gasteiger partial charge on any atom is -0.326 e. The van der Waals surface area contributed by atoms with Crippen LogP contribution in [0.3, 0.4) is 0 Å². The summed E-state index contributed by atoms with van der Waals surface area (Å²) in [7, 11) is -3.66. The number of anilines is 2. The molecule has 0 heterocycles. The minimum atomic E-state index is -3.66. The molecule has 0 aromatic heterocycles. The number of nitrogens with zero attached hydrogens (tertiary/aromatic N) is 1. The molecule has 126 valence electrons. The van der Waals surface area contributed by atoms with Gasteiger partial charge in [0.1, 0.15) is 0 Å². The van der Waals surface area contributed by atoms with Crippen LogP contribution in [0.4, 0.5) is 11.4 Å². The molecule has 1 N–H and O–H groups in total. The van der Waals surface area contributed by atoms with Crippen molar-refractivity contribution in [2.75, 3.05) is 9.62 Å². The second kappa shape index (κ2) is 6.45. The molecule has 24 heavy (non-hydrogen) atoms. The number of hydrogen-bond acceptors (Lipinski definition) is 3. The molecule has 1 aliphatic carbocycles. The molecule has 7 heteroatoms. The standard InChI is InChI=1S/C17H17ClN2O3S/c1-12(21)19-14-4-6-15(7-5-14)20(16-8-9-16)24(22,23)17-10-2-13(18)3-11-17/h2-7,10-11,16H,8-9H2,1H3,(H,19,21). The summed E-state index contributed by atoms with van der Waals surface area (Å²) in [5, 5.41) is 3.16. The van der Waals surface area contributed by atoms with E-state index in [-0.39, 0.29) is 16.8 Å². The van der Waals surface area contributed by atoms with Crippen molar-refractivity contribution in [1.82, 2.24) is 0 Å². The van der Waals surface area contributed by atoms with Gasteiger partial charge in [0.2, 0.25) is 5.91 Å². The second-order valence-electron chi connectivity index (χ2n) is 5.71. The molecule has 0 radical (unpaired) electrons. The highest BCUT2D eigenvalue weighted by atomic mass is 35.5. The Balaban J connectivity index is 1.95. The average molecular weight is 365 g/mol. The summed E-state index contributed by atoms with van der Waals surface area (Å²) in [5.41, 5.74) is 1.22. The summed E-state index contributed by atoms with van der Waals surface area (Å²) in [4.78, 5) is 11.3. The molecule has 1 amide bonds. The number of carbonyl (C=O) groups is 1. The number of halogens is 1. The highest BCUT2D eigenvalue weighted by Crippen LogP contribution is 2.37. The normalized spacial score (nSPS) is 14.2. The number of nitrogens with one attached hydrogen (secondary N) is 1. The number of amides is 1. The van der Waals surface area contributed by atoms with E-state index in [0.717, 1.165) is 12.8 Å². The Morgan fingerprint density at radius 3 is 2.17 bits per heavy atom. The Morgan fingerprint density at radius 2 is 1.67 bits per heavy atom. The molecule has 3 rings (SSSR count). The van der Waals surface area contributed by atoms with Gasteiger partial charge in [0.05, 0.1) is 10.6 Å². The largest absolute Gasteiger partial charge is 0.326 e. The van der Waals surface area contributed by atoms with Crippen molar-refractivity contribution in [3.8, 4) is 0 Å². The zero-order chi connectivity index (χ0) is 17.3. The zero-order valence-corrected chi connectivity index (χ0v) is 14.6. The molecule has 0 aliphatic heterocycles. The number of carbonyl (C=O) groups excluding carboxylic acids is 1. The van der Waals surface area contributed by atoms with Crippen molar-refractivity contribution >= 4 is 38.9 Å². The molecular weight excluding hydrogens is 348 g/mol. The van der Waals surface area contributed by atoms with Gasteiger partial charge < -0.3 is 5.32 Å². The SMILES string of the molecule is CC(=O)Nc1ccc(N(C2CC2)S(=O)(=O)c2ccc(Cl)cc2)cc1. The highest BCUT2D eigenvalue weighted by Gasteiger charge is 2.38. The summed E-state index contributed by atoms with van der Waals surface area (Å²) in [6.45, 7) is 1.43. The summed E-state index contributed by atoms with van der Waals surface area (Å²) in [6, 6.07) is 12.9. The van der Waals surface area contributed by atoms with Crippen molar-refractivity contribution in [2.24, 2.45) is 0 Å². The minimum absolute atomic E-state index is 0.0303. The van der Waals surface area contributed by atoms with E-state index >= 15 is 0 Å². The maximum atomic E-state index is 13.0. The van der Waals surface area contributed by atoms with E-state index in [4.69, 9.17) is 11.6 Å². The monoisotopic (exact) mass is 364 g/mol. The molecule has 5 nitrogen and oxygen atoms in total. The first kappa shape index (κ1) is 16.8. The van der Waals surface area contributed by atoms with Crippen LogP contribution in [-0.2, 0) is 14.8 Å². The lowest BCUT2D eigenvalue weighted by Gasteiger charge is -2.24. The van der Waals surface area contributed by atoms with E-state index in [9.17, 15) is 13.2 Å². The average Bonchev–Trinajstić information content (AvgIpc) is 3.33. The first-order valence-corrected chi connectivity index (χ1v) is 9.37. The molecular formula is C17H17ClN2O3S. The summed E-state index contributed by atoms with van der Waals surface area (Å²) >= 11 is 5.85. The van der Waals surface area contributed by atoms with E-state index in [2.05, 4.69) is 5.32 Å². The van der Waals surface area contributed by atoms with Gasteiger partial charge in [0, 0.05) is 23.7 Å². The molecule has 1 fully saturated rings. The van der Waals surface area contributed by atoms with Gasteiger partial charge in [-0.1, -0.05) is 11.6 Å². The number of rotatable bonds is 5. The Hall–Kier alpha value is -2.05. The summed E-state index contributed by atoms with van der Waals surface area (Å²) in [5.74, 6) is -0.171. The van der Waals surface area contributed by atoms with Crippen molar-refractivity contribution < 1.29 is 13.2 Å². The Kier molecular flexibility index (Phi) is 4.51. The van der Waals surface area contributed by atoms with Crippen LogP contribution in [0.2, 0.25) is 5.02 Å². The van der Waals surface area contributed by atoms with E-state index < -0.39 is 10.0 Å². The van der Waals surface area contributed by atoms with Gasteiger partial charge in [-0.25, -0.2) is 8.42 Å². The van der Waals surface area contributed by atoms with Crippen LogP contribution in [0, 0.1) is 0 Å². The van der Waals surface area contributed by atoms with Crippen LogP contribution in [0.1, 0.15) is 19.8 Å². The van der Waals surface area contributed by atoms with Gasteiger partial charge in [-0.3, -0.25) is 9.10 Å². The van der Waals surface area contributed by atoms with Gasteiger partial charge in [-0.2, -0.15) is 0 Å². The third-order valence-corrected chi connectivity index (χ3v) is 5.84. The molecule has 0 bridgehead atoms. The topological polar surface area (TPSA) is 66.5 Å². The highest BCUT2D eigenvalue weighted by molar-refractivity contribution is 7.92. The van der Waals surface area contributed by atoms with E-state index in [0.29, 0.717) is 16.4 Å². The zero-order valence-electron chi connectivity index (χ0n) is 13.1. The van der Waals surface area contributed by atoms with Crippen molar-refractivity contribution in [2.45, 2.75) is 30.7 Å². The smallest absolute Gasteiger partial charge is 0.264 e. The van der Waals surface area contributed by atoms with Crippen LogP contribution in [0.15, 0.2) is 53.4 Å². The van der Waals surface area contributed by atoms with Gasteiger partial charge in [-0.05, 0) is 61.4 Å². The molecule has 0 spiro atoms. The molecule has 0 unspecified atom stereocenters. The third-order valence-electron chi connectivity index (χ3n) is 3.69. The summed E-state index contributed by atoms with van der Waals surface area (Å²) < 4.78 is 27.5. The predicted molar refractivity (Wildman–Crippen MR) is 94.9 cm³/mol. The quantitative estimate of drug-likeness (QED) is 0.880. The fourth-order valence-corrected chi connectivity index (χ4v) is 4.31. The maximum Gasteiger partial charge on any atom is 0.264 e. The predicted octanol–water partition coefficient (Wildman–Crippen LogP) is 3.66. The lowest BCUT2D eigenvalue weighted by Crippen LogP contribution is -2.33. The first-order chi connectivity index (χ1) is 11.4. The van der Waals surface area contributed by atoms with Crippen molar-refractivity contribution in [3.63, 3.8) is 0 Å². The number of sulfonamides is 1. The lowest BCUT2D eigenvalue weighted by atomic mass is 10.2. The van der Waals surface area contributed by atoms with E-state index in [1.54, 1.807) is 36.4 Å². The lowest BCUT2D eigenvalue weighted by molar-refractivity contribution is -0.114. The van der Waals surface area contributed by atoms with Gasteiger partial charge in [0.25, 0.3) is 10.0 Å². The number of benzene rings is 2. The van der Waals surface area contributed by atoms with Crippen LogP contribution >= 0.6 is 11.6 Å². The molecule has 0 atom stereocenters. The van der Waals surface area contributed by atoms with Crippen LogP contribution in [0.25, 0.3) is 0 Å². The fraction of sp³-hybridized carbons (Fsp3) is 0.235. The third kappa shape index (κ3) is 3.55. The molecule has 1 aliphatic rings. The molecule has 0 saturated heterocycles.